The summed E-state index contributed by atoms with van der Waals surface area (Å²) in [5.74, 6) is 1.87. The molecule has 5 nitrogen and oxygen atoms in total. The smallest absolute Gasteiger partial charge is 0.145 e. The van der Waals surface area contributed by atoms with Crippen molar-refractivity contribution in [3.05, 3.63) is 54.2 Å². The highest BCUT2D eigenvalue weighted by Crippen LogP contribution is 2.23. The molecule has 0 saturated carbocycles. The van der Waals surface area contributed by atoms with Gasteiger partial charge >= 0.3 is 0 Å². The molecule has 3 aromatic rings. The van der Waals surface area contributed by atoms with Crippen LogP contribution in [0.25, 0.3) is 10.9 Å². The van der Waals surface area contributed by atoms with E-state index in [-0.39, 0.29) is 0 Å². The van der Waals surface area contributed by atoms with Crippen molar-refractivity contribution in [3.8, 4) is 5.75 Å². The number of pyridine rings is 1. The summed E-state index contributed by atoms with van der Waals surface area (Å²) in [6.07, 6.45) is 3.86. The van der Waals surface area contributed by atoms with E-state index in [1.54, 1.807) is 7.11 Å². The molecule has 0 aliphatic rings. The standard InChI is InChI=1S/C18H22N4O/c1-14-19-9-10-22(14)12-11-21(2)13-16-8-7-15-5-4-6-17(23-3)18(15)20-16/h4-10H,11-13H2,1-3H3. The average molecular weight is 310 g/mol. The topological polar surface area (TPSA) is 43.2 Å². The average Bonchev–Trinajstić information content (AvgIpc) is 2.97. The van der Waals surface area contributed by atoms with Crippen molar-refractivity contribution in [3.63, 3.8) is 0 Å². The second kappa shape index (κ2) is 6.79. The molecule has 0 amide bonds. The first kappa shape index (κ1) is 15.5. The first-order chi connectivity index (χ1) is 11.2. The zero-order chi connectivity index (χ0) is 16.2. The summed E-state index contributed by atoms with van der Waals surface area (Å²) >= 11 is 0. The van der Waals surface area contributed by atoms with Crippen molar-refractivity contribution in [1.82, 2.24) is 19.4 Å². The number of imidazole rings is 1. The molecule has 5 heteroatoms. The minimum atomic E-state index is 0.807. The Balaban J connectivity index is 1.69. The fraction of sp³-hybridized carbons (Fsp3) is 0.333. The van der Waals surface area contributed by atoms with Crippen LogP contribution in [0.1, 0.15) is 11.5 Å². The predicted octanol–water partition coefficient (Wildman–Crippen LogP) is 2.88. The summed E-state index contributed by atoms with van der Waals surface area (Å²) in [5, 5.41) is 1.10. The molecular weight excluding hydrogens is 288 g/mol. The van der Waals surface area contributed by atoms with E-state index < -0.39 is 0 Å². The van der Waals surface area contributed by atoms with Gasteiger partial charge in [-0.15, -0.1) is 0 Å². The molecular formula is C18H22N4O. The Hall–Kier alpha value is -2.40. The SMILES string of the molecule is COc1cccc2ccc(CN(C)CCn3ccnc3C)nc12. The fourth-order valence-electron chi connectivity index (χ4n) is 2.69. The molecule has 0 aliphatic carbocycles. The number of para-hydroxylation sites is 1. The van der Waals surface area contributed by atoms with E-state index in [1.807, 2.05) is 31.5 Å². The van der Waals surface area contributed by atoms with Gasteiger partial charge in [0.15, 0.2) is 0 Å². The van der Waals surface area contributed by atoms with Crippen LogP contribution < -0.4 is 4.74 Å². The zero-order valence-electron chi connectivity index (χ0n) is 13.9. The normalized spacial score (nSPS) is 11.3. The maximum absolute atomic E-state index is 5.41. The third-order valence-electron chi connectivity index (χ3n) is 4.04. The van der Waals surface area contributed by atoms with Crippen LogP contribution in [0.3, 0.4) is 0 Å². The highest BCUT2D eigenvalue weighted by atomic mass is 16.5. The highest BCUT2D eigenvalue weighted by Gasteiger charge is 2.07. The molecule has 0 bridgehead atoms. The van der Waals surface area contributed by atoms with Gasteiger partial charge in [0.1, 0.15) is 17.1 Å². The molecule has 0 N–H and O–H groups in total. The number of aryl methyl sites for hydroxylation is 1. The first-order valence-electron chi connectivity index (χ1n) is 7.76. The Morgan fingerprint density at radius 3 is 2.83 bits per heavy atom. The van der Waals surface area contributed by atoms with E-state index in [9.17, 15) is 0 Å². The minimum Gasteiger partial charge on any atom is -0.494 e. The third kappa shape index (κ3) is 3.51. The second-order valence-electron chi connectivity index (χ2n) is 5.74. The van der Waals surface area contributed by atoms with E-state index >= 15 is 0 Å². The van der Waals surface area contributed by atoms with Gasteiger partial charge in [-0.2, -0.15) is 0 Å². The number of rotatable bonds is 6. The summed E-state index contributed by atoms with van der Waals surface area (Å²) in [4.78, 5) is 11.3. The molecule has 1 aromatic carbocycles. The van der Waals surface area contributed by atoms with Crippen molar-refractivity contribution in [2.75, 3.05) is 20.7 Å². The van der Waals surface area contributed by atoms with Gasteiger partial charge in [0, 0.05) is 37.4 Å². The van der Waals surface area contributed by atoms with Crippen LogP contribution in [0.2, 0.25) is 0 Å². The van der Waals surface area contributed by atoms with Gasteiger partial charge in [0.25, 0.3) is 0 Å². The van der Waals surface area contributed by atoms with Crippen molar-refractivity contribution in [1.29, 1.82) is 0 Å². The van der Waals surface area contributed by atoms with E-state index in [0.717, 1.165) is 47.8 Å². The van der Waals surface area contributed by atoms with Gasteiger partial charge < -0.3 is 9.30 Å². The van der Waals surface area contributed by atoms with Crippen LogP contribution in [0.5, 0.6) is 5.75 Å². The Morgan fingerprint density at radius 1 is 1.22 bits per heavy atom. The molecule has 0 fully saturated rings. The van der Waals surface area contributed by atoms with Gasteiger partial charge in [0.2, 0.25) is 0 Å². The lowest BCUT2D eigenvalue weighted by Crippen LogP contribution is -2.23. The van der Waals surface area contributed by atoms with Crippen LogP contribution in [0.15, 0.2) is 42.7 Å². The van der Waals surface area contributed by atoms with Crippen molar-refractivity contribution in [2.45, 2.75) is 20.0 Å². The quantitative estimate of drug-likeness (QED) is 0.702. The van der Waals surface area contributed by atoms with Gasteiger partial charge in [-0.1, -0.05) is 18.2 Å². The van der Waals surface area contributed by atoms with Crippen LogP contribution in [-0.2, 0) is 13.1 Å². The highest BCUT2D eigenvalue weighted by molar-refractivity contribution is 5.84. The van der Waals surface area contributed by atoms with Crippen molar-refractivity contribution < 1.29 is 4.74 Å². The second-order valence-corrected chi connectivity index (χ2v) is 5.74. The zero-order valence-corrected chi connectivity index (χ0v) is 13.9. The summed E-state index contributed by atoms with van der Waals surface area (Å²) in [5.41, 5.74) is 1.97. The van der Waals surface area contributed by atoms with Crippen LogP contribution in [0, 0.1) is 6.92 Å². The Kier molecular flexibility index (Phi) is 4.57. The van der Waals surface area contributed by atoms with E-state index in [1.165, 1.54) is 0 Å². The van der Waals surface area contributed by atoms with Gasteiger partial charge in [0.05, 0.1) is 12.8 Å². The maximum Gasteiger partial charge on any atom is 0.145 e. The summed E-state index contributed by atoms with van der Waals surface area (Å²) in [6.45, 7) is 4.71. The van der Waals surface area contributed by atoms with Crippen molar-refractivity contribution >= 4 is 10.9 Å². The number of likely N-dealkylation sites (N-methyl/N-ethyl adjacent to an activating group) is 1. The Bertz CT molecular complexity index is 797. The van der Waals surface area contributed by atoms with Crippen LogP contribution >= 0.6 is 0 Å². The lowest BCUT2D eigenvalue weighted by atomic mass is 10.2. The molecule has 2 aromatic heterocycles. The monoisotopic (exact) mass is 310 g/mol. The molecule has 2 heterocycles. The molecule has 0 radical (unpaired) electrons. The predicted molar refractivity (Wildman–Crippen MR) is 91.6 cm³/mol. The van der Waals surface area contributed by atoms with Gasteiger partial charge in [-0.25, -0.2) is 9.97 Å². The fourth-order valence-corrected chi connectivity index (χ4v) is 2.69. The largest absolute Gasteiger partial charge is 0.494 e. The molecule has 0 unspecified atom stereocenters. The van der Waals surface area contributed by atoms with Crippen LogP contribution in [-0.4, -0.2) is 40.1 Å². The van der Waals surface area contributed by atoms with Crippen LogP contribution in [0.4, 0.5) is 0 Å². The Morgan fingerprint density at radius 2 is 2.09 bits per heavy atom. The molecule has 0 spiro atoms. The number of ether oxygens (including phenoxy) is 1. The number of hydrogen-bond donors (Lipinski definition) is 0. The number of fused-ring (bicyclic) bond motifs is 1. The lowest BCUT2D eigenvalue weighted by Gasteiger charge is -2.17. The van der Waals surface area contributed by atoms with Crippen molar-refractivity contribution in [2.24, 2.45) is 0 Å². The van der Waals surface area contributed by atoms with E-state index in [4.69, 9.17) is 9.72 Å². The third-order valence-corrected chi connectivity index (χ3v) is 4.04. The molecule has 23 heavy (non-hydrogen) atoms. The molecule has 120 valence electrons. The molecule has 0 saturated heterocycles. The first-order valence-corrected chi connectivity index (χ1v) is 7.76. The molecule has 3 rings (SSSR count). The molecule has 0 aliphatic heterocycles. The lowest BCUT2D eigenvalue weighted by molar-refractivity contribution is 0.307. The van der Waals surface area contributed by atoms with E-state index in [2.05, 4.69) is 39.7 Å². The summed E-state index contributed by atoms with van der Waals surface area (Å²) in [6, 6.07) is 10.2. The number of hydrogen-bond acceptors (Lipinski definition) is 4. The number of nitrogens with zero attached hydrogens (tertiary/aromatic N) is 4. The van der Waals surface area contributed by atoms with Gasteiger partial charge in [-0.3, -0.25) is 4.90 Å². The molecule has 0 atom stereocenters. The van der Waals surface area contributed by atoms with E-state index in [0.29, 0.717) is 0 Å². The summed E-state index contributed by atoms with van der Waals surface area (Å²) in [7, 11) is 3.79. The minimum absolute atomic E-state index is 0.807. The summed E-state index contributed by atoms with van der Waals surface area (Å²) < 4.78 is 7.57. The van der Waals surface area contributed by atoms with Gasteiger partial charge in [-0.05, 0) is 26.1 Å². The number of methoxy groups -OCH3 is 1. The maximum atomic E-state index is 5.41. The number of aromatic nitrogens is 3. The number of benzene rings is 1. The Labute approximate surface area is 136 Å².